The predicted molar refractivity (Wildman–Crippen MR) is 142 cm³/mol. The van der Waals surface area contributed by atoms with Gasteiger partial charge < -0.3 is 24.8 Å². The van der Waals surface area contributed by atoms with Crippen molar-refractivity contribution in [3.8, 4) is 5.75 Å². The molecule has 37 heavy (non-hydrogen) atoms. The van der Waals surface area contributed by atoms with E-state index in [1.165, 1.54) is 0 Å². The van der Waals surface area contributed by atoms with Crippen LogP contribution in [0.25, 0.3) is 0 Å². The first kappa shape index (κ1) is 25.6. The van der Waals surface area contributed by atoms with Crippen molar-refractivity contribution >= 4 is 29.4 Å². The first-order valence-corrected chi connectivity index (χ1v) is 11.9. The van der Waals surface area contributed by atoms with Crippen LogP contribution >= 0.6 is 0 Å². The van der Waals surface area contributed by atoms with Gasteiger partial charge in [0.05, 0.1) is 7.11 Å². The summed E-state index contributed by atoms with van der Waals surface area (Å²) in [6.07, 6.45) is -0.751. The number of carbonyl (C=O) groups excluding carboxylic acids is 1. The number of methoxy groups -OCH3 is 1. The lowest BCUT2D eigenvalue weighted by Gasteiger charge is -2.26. The molecule has 1 heterocycles. The highest BCUT2D eigenvalue weighted by molar-refractivity contribution is 5.95. The van der Waals surface area contributed by atoms with Gasteiger partial charge in [0.25, 0.3) is 6.02 Å². The molecule has 1 aliphatic rings. The molecule has 0 bridgehead atoms. The van der Waals surface area contributed by atoms with E-state index in [1.54, 1.807) is 31.2 Å². The van der Waals surface area contributed by atoms with Gasteiger partial charge in [0.1, 0.15) is 18.4 Å². The third-order valence-corrected chi connectivity index (χ3v) is 6.22. The maximum absolute atomic E-state index is 13.5. The number of ether oxygens (including phenoxy) is 2. The Hall–Kier alpha value is -4.53. The Kier molecular flexibility index (Phi) is 7.92. The average molecular weight is 503 g/mol. The molecule has 3 N–H and O–H groups in total. The minimum atomic E-state index is -1.13. The van der Waals surface area contributed by atoms with E-state index in [9.17, 15) is 9.59 Å². The van der Waals surface area contributed by atoms with Gasteiger partial charge in [-0.05, 0) is 47.9 Å². The zero-order chi connectivity index (χ0) is 26.4. The Morgan fingerprint density at radius 2 is 1.84 bits per heavy atom. The van der Waals surface area contributed by atoms with E-state index >= 15 is 0 Å². The number of fused-ring (bicyclic) bond motifs is 1. The van der Waals surface area contributed by atoms with E-state index in [4.69, 9.17) is 14.6 Å². The summed E-state index contributed by atoms with van der Waals surface area (Å²) in [4.78, 5) is 31.0. The molecule has 1 atom stereocenters. The molecule has 3 aromatic carbocycles. The first-order chi connectivity index (χ1) is 17.8. The molecule has 0 saturated heterocycles. The van der Waals surface area contributed by atoms with Crippen molar-refractivity contribution in [1.82, 2.24) is 4.90 Å². The van der Waals surface area contributed by atoms with Crippen LogP contribution in [0.15, 0.2) is 71.7 Å². The van der Waals surface area contributed by atoms with E-state index in [0.717, 1.165) is 33.7 Å². The van der Waals surface area contributed by atoms with Crippen molar-refractivity contribution in [3.05, 3.63) is 89.0 Å². The molecule has 9 heteroatoms. The number of nitrogens with one attached hydrogen (secondary N) is 2. The highest BCUT2D eigenvalue weighted by atomic mass is 16.5. The topological polar surface area (TPSA) is 112 Å². The smallest absolute Gasteiger partial charge is 0.409 e. The fraction of sp³-hybridized carbons (Fsp3) is 0.250. The average Bonchev–Trinajstić information content (AvgIpc) is 2.90. The van der Waals surface area contributed by atoms with Gasteiger partial charge in [-0.2, -0.15) is 0 Å². The van der Waals surface area contributed by atoms with Crippen LogP contribution in [0, 0.1) is 6.92 Å². The van der Waals surface area contributed by atoms with Gasteiger partial charge in [0, 0.05) is 37.0 Å². The molecule has 0 unspecified atom stereocenters. The number of anilines is 2. The summed E-state index contributed by atoms with van der Waals surface area (Å²) in [6.45, 7) is 2.48. The number of amides is 2. The highest BCUT2D eigenvalue weighted by Crippen LogP contribution is 2.30. The van der Waals surface area contributed by atoms with Crippen molar-refractivity contribution in [3.63, 3.8) is 0 Å². The number of carboxylic acid groups (broad SMARTS) is 1. The molecular formula is C28H30N4O5. The summed E-state index contributed by atoms with van der Waals surface area (Å²) in [7, 11) is 3.37. The Morgan fingerprint density at radius 3 is 2.51 bits per heavy atom. The number of likely N-dealkylation sites (N-methyl/N-ethyl adjacent to an activating group) is 1. The van der Waals surface area contributed by atoms with Crippen LogP contribution in [-0.4, -0.2) is 48.2 Å². The third-order valence-electron chi connectivity index (χ3n) is 6.22. The number of aliphatic imine (C=N–C) groups is 1. The van der Waals surface area contributed by atoms with Gasteiger partial charge in [-0.25, -0.2) is 9.79 Å². The normalized spacial score (nSPS) is 14.1. The summed E-state index contributed by atoms with van der Waals surface area (Å²) in [5.41, 5.74) is 4.80. The van der Waals surface area contributed by atoms with E-state index in [0.29, 0.717) is 18.7 Å². The van der Waals surface area contributed by atoms with Crippen LogP contribution in [-0.2, 0) is 29.1 Å². The molecule has 3 aromatic rings. The van der Waals surface area contributed by atoms with Gasteiger partial charge in [-0.1, -0.05) is 42.5 Å². The molecule has 192 valence electrons. The minimum Gasteiger partial charge on any atom is -0.497 e. The molecule has 4 rings (SSSR count). The number of benzene rings is 3. The Labute approximate surface area is 215 Å². The molecule has 0 fully saturated rings. The molecule has 2 amide bonds. The molecule has 1 aliphatic heterocycles. The van der Waals surface area contributed by atoms with Crippen LogP contribution in [0.2, 0.25) is 0 Å². The number of carbonyl (C=O) groups is 2. The van der Waals surface area contributed by atoms with Crippen molar-refractivity contribution < 1.29 is 24.2 Å². The van der Waals surface area contributed by atoms with E-state index in [-0.39, 0.29) is 18.5 Å². The summed E-state index contributed by atoms with van der Waals surface area (Å²) < 4.78 is 11.1. The van der Waals surface area contributed by atoms with E-state index in [1.807, 2.05) is 61.5 Å². The second kappa shape index (κ2) is 11.5. The molecule has 0 aromatic heterocycles. The fourth-order valence-electron chi connectivity index (χ4n) is 4.18. The highest BCUT2D eigenvalue weighted by Gasteiger charge is 2.26. The van der Waals surface area contributed by atoms with Crippen LogP contribution in [0.3, 0.4) is 0 Å². The van der Waals surface area contributed by atoms with Gasteiger partial charge >= 0.3 is 6.09 Å². The van der Waals surface area contributed by atoms with Crippen molar-refractivity contribution in [1.29, 1.82) is 0 Å². The van der Waals surface area contributed by atoms with Crippen molar-refractivity contribution in [2.75, 3.05) is 24.8 Å². The monoisotopic (exact) mass is 502 g/mol. The third kappa shape index (κ3) is 6.38. The zero-order valence-corrected chi connectivity index (χ0v) is 21.0. The van der Waals surface area contributed by atoms with Crippen LogP contribution in [0.4, 0.5) is 16.2 Å². The summed E-state index contributed by atoms with van der Waals surface area (Å²) in [6, 6.07) is 20.3. The van der Waals surface area contributed by atoms with Crippen molar-refractivity contribution in [2.45, 2.75) is 32.5 Å². The minimum absolute atomic E-state index is 0.138. The Balaban J connectivity index is 1.58. The number of hydrogen-bond donors (Lipinski definition) is 3. The molecule has 0 aliphatic carbocycles. The van der Waals surface area contributed by atoms with Gasteiger partial charge in [-0.15, -0.1) is 0 Å². The zero-order valence-electron chi connectivity index (χ0n) is 21.0. The fourth-order valence-corrected chi connectivity index (χ4v) is 4.18. The standard InChI is InChI=1S/C28H30N4O5/c1-18-22-17-37-27(29-24(22)14-13-23(18)31-28(34)35)30-25(15-19-9-11-21(36-3)12-10-19)26(33)32(2)16-20-7-5-4-6-8-20/h4-14,25,31H,15-17H2,1-3H3,(H,29,30)(H,34,35)/t25-/m0/s1. The summed E-state index contributed by atoms with van der Waals surface area (Å²) >= 11 is 0. The first-order valence-electron chi connectivity index (χ1n) is 11.9. The Morgan fingerprint density at radius 1 is 1.11 bits per heavy atom. The second-order valence-corrected chi connectivity index (χ2v) is 8.79. The lowest BCUT2D eigenvalue weighted by atomic mass is 10.0. The number of hydrogen-bond acceptors (Lipinski definition) is 5. The maximum Gasteiger partial charge on any atom is 0.409 e. The second-order valence-electron chi connectivity index (χ2n) is 8.79. The summed E-state index contributed by atoms with van der Waals surface area (Å²) in [5, 5.41) is 14.6. The van der Waals surface area contributed by atoms with E-state index < -0.39 is 12.1 Å². The molecule has 9 nitrogen and oxygen atoms in total. The maximum atomic E-state index is 13.5. The van der Waals surface area contributed by atoms with Crippen LogP contribution in [0.5, 0.6) is 5.75 Å². The number of rotatable bonds is 8. The molecule has 0 radical (unpaired) electrons. The van der Waals surface area contributed by atoms with E-state index in [2.05, 4.69) is 15.6 Å². The lowest BCUT2D eigenvalue weighted by molar-refractivity contribution is -0.131. The quantitative estimate of drug-likeness (QED) is 0.413. The SMILES string of the molecule is COc1ccc(C[C@H](N=C2Nc3ccc(NC(=O)O)c(C)c3CO2)C(=O)N(C)Cc2ccccc2)cc1. The largest absolute Gasteiger partial charge is 0.497 e. The van der Waals surface area contributed by atoms with Crippen LogP contribution < -0.4 is 15.4 Å². The molecule has 0 saturated carbocycles. The van der Waals surface area contributed by atoms with Gasteiger partial charge in [-0.3, -0.25) is 10.1 Å². The van der Waals surface area contributed by atoms with Gasteiger partial charge in [0.15, 0.2) is 0 Å². The number of nitrogens with zero attached hydrogens (tertiary/aromatic N) is 2. The van der Waals surface area contributed by atoms with Crippen molar-refractivity contribution in [2.24, 2.45) is 4.99 Å². The van der Waals surface area contributed by atoms with Gasteiger partial charge in [0.2, 0.25) is 5.91 Å². The lowest BCUT2D eigenvalue weighted by Crippen LogP contribution is -2.38. The summed E-state index contributed by atoms with van der Waals surface area (Å²) in [5.74, 6) is 0.598. The Bertz CT molecular complexity index is 1290. The van der Waals surface area contributed by atoms with Crippen LogP contribution in [0.1, 0.15) is 22.3 Å². The predicted octanol–water partition coefficient (Wildman–Crippen LogP) is 4.66. The number of amidine groups is 1. The molecular weight excluding hydrogens is 472 g/mol. The molecule has 0 spiro atoms.